The Morgan fingerprint density at radius 1 is 0.968 bits per heavy atom. The molecular weight excluding hydrogens is 387 g/mol. The summed E-state index contributed by atoms with van der Waals surface area (Å²) in [5, 5.41) is 4.21. The molecule has 0 aliphatic rings. The number of carbonyl (C=O) groups excluding carboxylic acids is 1. The van der Waals surface area contributed by atoms with Crippen molar-refractivity contribution in [3.8, 4) is 0 Å². The van der Waals surface area contributed by atoms with Crippen molar-refractivity contribution >= 4 is 16.8 Å². The van der Waals surface area contributed by atoms with Crippen LogP contribution in [-0.2, 0) is 24.3 Å². The van der Waals surface area contributed by atoms with Gasteiger partial charge in [-0.25, -0.2) is 4.39 Å². The Balaban J connectivity index is 1.37. The van der Waals surface area contributed by atoms with E-state index in [-0.39, 0.29) is 11.7 Å². The first-order chi connectivity index (χ1) is 15.1. The van der Waals surface area contributed by atoms with E-state index in [1.165, 1.54) is 22.6 Å². The Morgan fingerprint density at radius 2 is 1.77 bits per heavy atom. The van der Waals surface area contributed by atoms with Crippen LogP contribution in [-0.4, -0.2) is 10.5 Å². The minimum atomic E-state index is -0.217. The summed E-state index contributed by atoms with van der Waals surface area (Å²) in [7, 11) is 0. The van der Waals surface area contributed by atoms with E-state index in [2.05, 4.69) is 47.3 Å². The number of nitrogens with one attached hydrogen (secondary N) is 1. The van der Waals surface area contributed by atoms with Gasteiger partial charge < -0.3 is 9.88 Å². The zero-order valence-corrected chi connectivity index (χ0v) is 17.8. The second kappa shape index (κ2) is 9.61. The lowest BCUT2D eigenvalue weighted by atomic mass is 10.1. The van der Waals surface area contributed by atoms with Gasteiger partial charge in [-0.2, -0.15) is 0 Å². The molecule has 0 aliphatic carbocycles. The van der Waals surface area contributed by atoms with E-state index in [0.29, 0.717) is 19.5 Å². The van der Waals surface area contributed by atoms with Gasteiger partial charge in [0.1, 0.15) is 5.82 Å². The van der Waals surface area contributed by atoms with E-state index < -0.39 is 0 Å². The Labute approximate surface area is 182 Å². The molecule has 0 radical (unpaired) electrons. The van der Waals surface area contributed by atoms with Crippen LogP contribution in [0.5, 0.6) is 0 Å². The van der Waals surface area contributed by atoms with Crippen LogP contribution < -0.4 is 5.32 Å². The first-order valence-corrected chi connectivity index (χ1v) is 10.7. The fourth-order valence-electron chi connectivity index (χ4n) is 4.04. The topological polar surface area (TPSA) is 34.0 Å². The summed E-state index contributed by atoms with van der Waals surface area (Å²) in [4.78, 5) is 12.3. The van der Waals surface area contributed by atoms with Crippen LogP contribution in [0.25, 0.3) is 10.9 Å². The molecule has 3 nitrogen and oxygen atoms in total. The van der Waals surface area contributed by atoms with Crippen molar-refractivity contribution in [2.75, 3.05) is 0 Å². The monoisotopic (exact) mass is 414 g/mol. The van der Waals surface area contributed by atoms with Gasteiger partial charge >= 0.3 is 0 Å². The molecule has 0 atom stereocenters. The highest BCUT2D eigenvalue weighted by Gasteiger charge is 2.10. The van der Waals surface area contributed by atoms with Gasteiger partial charge in [0, 0.05) is 36.6 Å². The van der Waals surface area contributed by atoms with Crippen molar-refractivity contribution in [3.05, 3.63) is 107 Å². The van der Waals surface area contributed by atoms with Crippen LogP contribution in [0.3, 0.4) is 0 Å². The lowest BCUT2D eigenvalue weighted by Gasteiger charge is -2.06. The molecular formula is C27H27FN2O. The summed E-state index contributed by atoms with van der Waals surface area (Å²) in [6.07, 6.45) is 4.25. The van der Waals surface area contributed by atoms with Crippen LogP contribution in [0.2, 0.25) is 0 Å². The van der Waals surface area contributed by atoms with Crippen LogP contribution in [0.1, 0.15) is 35.1 Å². The van der Waals surface area contributed by atoms with Gasteiger partial charge in [0.2, 0.25) is 5.91 Å². The molecule has 0 spiro atoms. The van der Waals surface area contributed by atoms with Crippen molar-refractivity contribution in [1.82, 2.24) is 9.88 Å². The summed E-state index contributed by atoms with van der Waals surface area (Å²) >= 11 is 0. The Bertz CT molecular complexity index is 1190. The van der Waals surface area contributed by atoms with Crippen LogP contribution in [0.15, 0.2) is 79.0 Å². The van der Waals surface area contributed by atoms with E-state index in [9.17, 15) is 9.18 Å². The van der Waals surface area contributed by atoms with Crippen molar-refractivity contribution < 1.29 is 9.18 Å². The van der Waals surface area contributed by atoms with Gasteiger partial charge in [-0.05, 0) is 54.7 Å². The minimum absolute atomic E-state index is 0.0741. The Kier molecular flexibility index (Phi) is 6.46. The third-order valence-corrected chi connectivity index (χ3v) is 5.54. The molecule has 1 aromatic heterocycles. The van der Waals surface area contributed by atoms with Gasteiger partial charge in [-0.1, -0.05) is 60.2 Å². The van der Waals surface area contributed by atoms with Crippen molar-refractivity contribution in [1.29, 1.82) is 0 Å². The molecule has 1 amide bonds. The molecule has 0 fully saturated rings. The lowest BCUT2D eigenvalue weighted by molar-refractivity contribution is -0.121. The van der Waals surface area contributed by atoms with Gasteiger partial charge in [-0.15, -0.1) is 0 Å². The zero-order valence-electron chi connectivity index (χ0n) is 17.8. The molecule has 0 aliphatic heterocycles. The number of para-hydroxylation sites is 1. The number of benzene rings is 3. The van der Waals surface area contributed by atoms with Gasteiger partial charge in [0.05, 0.1) is 0 Å². The van der Waals surface area contributed by atoms with E-state index in [0.717, 1.165) is 29.5 Å². The van der Waals surface area contributed by atoms with E-state index in [1.54, 1.807) is 12.1 Å². The molecule has 0 saturated carbocycles. The maximum atomic E-state index is 13.6. The summed E-state index contributed by atoms with van der Waals surface area (Å²) in [6, 6.07) is 23.2. The van der Waals surface area contributed by atoms with Crippen molar-refractivity contribution in [2.45, 2.75) is 39.3 Å². The molecule has 1 N–H and O–H groups in total. The molecule has 0 saturated heterocycles. The number of aromatic nitrogens is 1. The molecule has 158 valence electrons. The molecule has 1 heterocycles. The lowest BCUT2D eigenvalue weighted by Crippen LogP contribution is -2.22. The zero-order chi connectivity index (χ0) is 21.6. The number of aryl methyl sites for hydroxylation is 2. The Hall–Kier alpha value is -3.40. The first kappa shape index (κ1) is 20.9. The van der Waals surface area contributed by atoms with Gasteiger partial charge in [0.25, 0.3) is 0 Å². The second-order valence-electron chi connectivity index (χ2n) is 8.05. The fraction of sp³-hybridized carbons (Fsp3) is 0.222. The summed E-state index contributed by atoms with van der Waals surface area (Å²) in [5.74, 6) is -0.143. The standard InChI is InChI=1S/C27H27FN2O/c1-20-7-4-8-21(15-20)17-29-27(31)14-6-10-23-19-30(26-13-3-2-12-25(23)26)18-22-9-5-11-24(28)16-22/h2-5,7-9,11-13,15-16,19H,6,10,14,17-18H2,1H3,(H,29,31). The highest BCUT2D eigenvalue weighted by atomic mass is 19.1. The summed E-state index contributed by atoms with van der Waals surface area (Å²) in [5.41, 5.74) is 5.60. The van der Waals surface area contributed by atoms with E-state index >= 15 is 0 Å². The minimum Gasteiger partial charge on any atom is -0.352 e. The predicted molar refractivity (Wildman–Crippen MR) is 123 cm³/mol. The molecule has 4 rings (SSSR count). The number of nitrogens with zero attached hydrogens (tertiary/aromatic N) is 1. The molecule has 31 heavy (non-hydrogen) atoms. The largest absolute Gasteiger partial charge is 0.352 e. The van der Waals surface area contributed by atoms with Crippen LogP contribution in [0, 0.1) is 12.7 Å². The molecule has 4 aromatic rings. The summed E-state index contributed by atoms with van der Waals surface area (Å²) < 4.78 is 15.7. The molecule has 4 heteroatoms. The number of hydrogen-bond acceptors (Lipinski definition) is 1. The summed E-state index contributed by atoms with van der Waals surface area (Å²) in [6.45, 7) is 3.23. The first-order valence-electron chi connectivity index (χ1n) is 10.7. The van der Waals surface area contributed by atoms with E-state index in [4.69, 9.17) is 0 Å². The third-order valence-electron chi connectivity index (χ3n) is 5.54. The quantitative estimate of drug-likeness (QED) is 0.390. The molecule has 0 unspecified atom stereocenters. The molecule has 0 bridgehead atoms. The molecule has 3 aromatic carbocycles. The Morgan fingerprint density at radius 3 is 2.61 bits per heavy atom. The van der Waals surface area contributed by atoms with Gasteiger partial charge in [0.15, 0.2) is 0 Å². The van der Waals surface area contributed by atoms with Gasteiger partial charge in [-0.3, -0.25) is 4.79 Å². The smallest absolute Gasteiger partial charge is 0.220 e. The maximum Gasteiger partial charge on any atom is 0.220 e. The van der Waals surface area contributed by atoms with Crippen LogP contribution in [0.4, 0.5) is 4.39 Å². The highest BCUT2D eigenvalue weighted by Crippen LogP contribution is 2.24. The highest BCUT2D eigenvalue weighted by molar-refractivity contribution is 5.84. The number of amides is 1. The normalized spacial score (nSPS) is 11.0. The van der Waals surface area contributed by atoms with Crippen molar-refractivity contribution in [2.24, 2.45) is 0 Å². The maximum absolute atomic E-state index is 13.6. The van der Waals surface area contributed by atoms with Crippen molar-refractivity contribution in [3.63, 3.8) is 0 Å². The second-order valence-corrected chi connectivity index (χ2v) is 8.05. The average molecular weight is 415 g/mol. The third kappa shape index (κ3) is 5.40. The average Bonchev–Trinajstić information content (AvgIpc) is 3.10. The van der Waals surface area contributed by atoms with E-state index in [1.807, 2.05) is 30.3 Å². The number of fused-ring (bicyclic) bond motifs is 1. The van der Waals surface area contributed by atoms with Crippen LogP contribution >= 0.6 is 0 Å². The number of hydrogen-bond donors (Lipinski definition) is 1. The number of halogens is 1. The number of carbonyl (C=O) groups is 1. The SMILES string of the molecule is Cc1cccc(CNC(=O)CCCc2cn(Cc3cccc(F)c3)c3ccccc23)c1. The number of rotatable bonds is 8. The predicted octanol–water partition coefficient (Wildman–Crippen LogP) is 5.78. The fourth-order valence-corrected chi connectivity index (χ4v) is 4.04.